The van der Waals surface area contributed by atoms with E-state index in [9.17, 15) is 5.11 Å². The molecule has 0 unspecified atom stereocenters. The van der Waals surface area contributed by atoms with Gasteiger partial charge in [0.1, 0.15) is 0 Å². The van der Waals surface area contributed by atoms with Crippen molar-refractivity contribution in [1.82, 2.24) is 4.98 Å². The Balaban J connectivity index is 2.84. The highest BCUT2D eigenvalue weighted by atomic mass is 35.5. The van der Waals surface area contributed by atoms with Crippen molar-refractivity contribution in [1.29, 1.82) is 0 Å². The molecule has 2 nitrogen and oxygen atoms in total. The van der Waals surface area contributed by atoms with Crippen molar-refractivity contribution < 1.29 is 5.11 Å². The van der Waals surface area contributed by atoms with E-state index in [1.807, 2.05) is 0 Å². The number of hydrogen-bond acceptors (Lipinski definition) is 2. The average Bonchev–Trinajstić information content (AvgIpc) is 2.45. The highest BCUT2D eigenvalue weighted by molar-refractivity contribution is 6.56. The van der Waals surface area contributed by atoms with Gasteiger partial charge in [-0.15, -0.1) is 0 Å². The molecule has 2 aromatic rings. The van der Waals surface area contributed by atoms with Crippen molar-refractivity contribution in [2.45, 2.75) is 6.61 Å². The lowest BCUT2D eigenvalue weighted by molar-refractivity contribution is 0.282. The van der Waals surface area contributed by atoms with Crippen LogP contribution in [0.5, 0.6) is 0 Å². The Bertz CT molecular complexity index is 659. The molecular weight excluding hydrogens is 387 g/mol. The van der Waals surface area contributed by atoms with Crippen LogP contribution in [0.1, 0.15) is 5.56 Å². The number of aliphatic hydroxyl groups excluding tert-OH is 1. The van der Waals surface area contributed by atoms with Crippen LogP contribution in [0.2, 0.25) is 30.1 Å². The molecule has 106 valence electrons. The summed E-state index contributed by atoms with van der Waals surface area (Å²) in [6, 6.07) is 1.58. The maximum absolute atomic E-state index is 9.23. The van der Waals surface area contributed by atoms with Crippen molar-refractivity contribution >= 4 is 69.6 Å². The number of nitrogens with zero attached hydrogens (tertiary/aromatic N) is 1. The molecule has 1 aromatic heterocycles. The first-order valence-corrected chi connectivity index (χ1v) is 7.43. The van der Waals surface area contributed by atoms with Gasteiger partial charge in [0.05, 0.1) is 42.4 Å². The predicted octanol–water partition coefficient (Wildman–Crippen LogP) is 6.16. The van der Waals surface area contributed by atoms with Crippen LogP contribution in [0.25, 0.3) is 11.3 Å². The largest absolute Gasteiger partial charge is 0.392 e. The molecule has 0 saturated carbocycles. The first kappa shape index (κ1) is 16.4. The lowest BCUT2D eigenvalue weighted by atomic mass is 10.1. The van der Waals surface area contributed by atoms with E-state index in [4.69, 9.17) is 69.6 Å². The third kappa shape index (κ3) is 2.71. The molecule has 0 bridgehead atoms. The topological polar surface area (TPSA) is 33.1 Å². The lowest BCUT2D eigenvalue weighted by Crippen LogP contribution is -1.94. The molecule has 0 spiro atoms. The Morgan fingerprint density at radius 3 is 1.80 bits per heavy atom. The van der Waals surface area contributed by atoms with Gasteiger partial charge in [-0.2, -0.15) is 0 Å². The number of benzene rings is 1. The number of rotatable bonds is 2. The quantitative estimate of drug-likeness (QED) is 0.491. The molecule has 0 aliphatic carbocycles. The molecule has 1 heterocycles. The molecule has 0 amide bonds. The van der Waals surface area contributed by atoms with E-state index in [1.165, 1.54) is 6.20 Å². The average molecular weight is 392 g/mol. The summed E-state index contributed by atoms with van der Waals surface area (Å²) < 4.78 is 0. The number of halogens is 6. The minimum atomic E-state index is -0.251. The maximum atomic E-state index is 9.23. The van der Waals surface area contributed by atoms with Crippen LogP contribution in [-0.2, 0) is 6.61 Å². The zero-order valence-corrected chi connectivity index (χ0v) is 14.1. The second-order valence-electron chi connectivity index (χ2n) is 3.74. The Morgan fingerprint density at radius 2 is 1.30 bits per heavy atom. The maximum Gasteiger partial charge on any atom is 0.0922 e. The third-order valence-corrected chi connectivity index (χ3v) is 5.28. The summed E-state index contributed by atoms with van der Waals surface area (Å²) in [6.07, 6.45) is 1.47. The van der Waals surface area contributed by atoms with Gasteiger partial charge in [-0.1, -0.05) is 69.6 Å². The summed E-state index contributed by atoms with van der Waals surface area (Å²) in [5.41, 5.74) is 1.02. The molecule has 1 aromatic carbocycles. The standard InChI is InChI=1S/C12H5Cl6NO/c13-6-4(3-20)1-2-19-12(6)5-7(14)9(16)11(18)10(17)8(5)15/h1-2,20H,3H2. The monoisotopic (exact) mass is 389 g/mol. The van der Waals surface area contributed by atoms with E-state index < -0.39 is 0 Å². The fraction of sp³-hybridized carbons (Fsp3) is 0.0833. The van der Waals surface area contributed by atoms with Gasteiger partial charge in [0.15, 0.2) is 0 Å². The minimum absolute atomic E-state index is 0.0570. The molecule has 0 fully saturated rings. The first-order valence-electron chi connectivity index (χ1n) is 5.16. The Kier molecular flexibility index (Phi) is 5.30. The van der Waals surface area contributed by atoms with E-state index in [-0.39, 0.29) is 48.0 Å². The summed E-state index contributed by atoms with van der Waals surface area (Å²) in [5.74, 6) is 0. The Labute approximate surface area is 145 Å². The zero-order chi connectivity index (χ0) is 15.0. The van der Waals surface area contributed by atoms with Crippen molar-refractivity contribution in [2.24, 2.45) is 0 Å². The molecule has 0 radical (unpaired) electrons. The molecule has 1 N–H and O–H groups in total. The normalized spacial score (nSPS) is 10.9. The predicted molar refractivity (Wildman–Crippen MR) is 85.7 cm³/mol. The second kappa shape index (κ2) is 6.45. The van der Waals surface area contributed by atoms with E-state index in [0.717, 1.165) is 0 Å². The summed E-state index contributed by atoms with van der Waals surface area (Å²) in [6.45, 7) is -0.251. The van der Waals surface area contributed by atoms with Crippen LogP contribution in [-0.4, -0.2) is 10.1 Å². The van der Waals surface area contributed by atoms with Gasteiger partial charge in [-0.25, -0.2) is 0 Å². The fourth-order valence-corrected chi connectivity index (χ4v) is 3.18. The summed E-state index contributed by atoms with van der Waals surface area (Å²) >= 11 is 36.4. The SMILES string of the molecule is OCc1ccnc(-c2c(Cl)c(Cl)c(Cl)c(Cl)c2Cl)c1Cl. The van der Waals surface area contributed by atoms with Crippen molar-refractivity contribution in [2.75, 3.05) is 0 Å². The van der Waals surface area contributed by atoms with E-state index in [0.29, 0.717) is 5.56 Å². The summed E-state index contributed by atoms with van der Waals surface area (Å²) in [4.78, 5) is 4.12. The van der Waals surface area contributed by atoms with Crippen LogP contribution >= 0.6 is 69.6 Å². The van der Waals surface area contributed by atoms with Crippen LogP contribution in [0.3, 0.4) is 0 Å². The van der Waals surface area contributed by atoms with Gasteiger partial charge < -0.3 is 5.11 Å². The van der Waals surface area contributed by atoms with Crippen LogP contribution in [0.4, 0.5) is 0 Å². The molecule has 0 saturated heterocycles. The first-order chi connectivity index (χ1) is 9.40. The van der Waals surface area contributed by atoms with Crippen molar-refractivity contribution in [3.8, 4) is 11.3 Å². The van der Waals surface area contributed by atoms with Crippen molar-refractivity contribution in [3.63, 3.8) is 0 Å². The van der Waals surface area contributed by atoms with E-state index >= 15 is 0 Å². The van der Waals surface area contributed by atoms with Gasteiger partial charge in [0.2, 0.25) is 0 Å². The van der Waals surface area contributed by atoms with E-state index in [1.54, 1.807) is 6.07 Å². The second-order valence-corrected chi connectivity index (χ2v) is 6.00. The molecule has 20 heavy (non-hydrogen) atoms. The van der Waals surface area contributed by atoms with Crippen LogP contribution < -0.4 is 0 Å². The Hall–Kier alpha value is 0.0700. The van der Waals surface area contributed by atoms with E-state index in [2.05, 4.69) is 4.98 Å². The third-order valence-electron chi connectivity index (χ3n) is 2.59. The fourth-order valence-electron chi connectivity index (χ4n) is 1.59. The lowest BCUT2D eigenvalue weighted by Gasteiger charge is -2.14. The van der Waals surface area contributed by atoms with Crippen LogP contribution in [0.15, 0.2) is 12.3 Å². The number of aromatic nitrogens is 1. The van der Waals surface area contributed by atoms with Crippen LogP contribution in [0, 0.1) is 0 Å². The molecular formula is C12H5Cl6NO. The van der Waals surface area contributed by atoms with Gasteiger partial charge >= 0.3 is 0 Å². The summed E-state index contributed by atoms with van der Waals surface area (Å²) in [5, 5.41) is 9.81. The zero-order valence-electron chi connectivity index (χ0n) is 9.52. The molecule has 0 aliphatic heterocycles. The summed E-state index contributed by atoms with van der Waals surface area (Å²) in [7, 11) is 0. The molecule has 0 aliphatic rings. The number of hydrogen-bond donors (Lipinski definition) is 1. The number of pyridine rings is 1. The highest BCUT2D eigenvalue weighted by Gasteiger charge is 2.23. The Morgan fingerprint density at radius 1 is 0.800 bits per heavy atom. The number of aliphatic hydroxyl groups is 1. The molecule has 0 atom stereocenters. The highest BCUT2D eigenvalue weighted by Crippen LogP contribution is 2.49. The smallest absolute Gasteiger partial charge is 0.0922 e. The molecule has 2 rings (SSSR count). The van der Waals surface area contributed by atoms with Gasteiger partial charge in [0.25, 0.3) is 0 Å². The van der Waals surface area contributed by atoms with Gasteiger partial charge in [-0.05, 0) is 11.6 Å². The van der Waals surface area contributed by atoms with Crippen molar-refractivity contribution in [3.05, 3.63) is 48.0 Å². The minimum Gasteiger partial charge on any atom is -0.392 e. The molecule has 8 heteroatoms. The van der Waals surface area contributed by atoms with Gasteiger partial charge in [-0.3, -0.25) is 4.98 Å². The van der Waals surface area contributed by atoms with Gasteiger partial charge in [0, 0.05) is 11.8 Å².